The van der Waals surface area contributed by atoms with Crippen LogP contribution in [0.15, 0.2) is 60.9 Å². The van der Waals surface area contributed by atoms with Crippen molar-refractivity contribution >= 4 is 0 Å². The van der Waals surface area contributed by atoms with Crippen molar-refractivity contribution in [3.8, 4) is 17.1 Å². The summed E-state index contributed by atoms with van der Waals surface area (Å²) < 4.78 is 2.28. The molecule has 0 N–H and O–H groups in total. The van der Waals surface area contributed by atoms with Crippen molar-refractivity contribution in [2.45, 2.75) is 52.4 Å². The largest absolute Gasteiger partial charge is 0.299 e. The molecule has 0 saturated carbocycles. The summed E-state index contributed by atoms with van der Waals surface area (Å²) in [5.74, 6) is 1.62. The predicted octanol–water partition coefficient (Wildman–Crippen LogP) is 6.53. The van der Waals surface area contributed by atoms with Crippen molar-refractivity contribution in [3.05, 3.63) is 72.1 Å². The summed E-state index contributed by atoms with van der Waals surface area (Å²) in [6.07, 6.45) is 8.91. The van der Waals surface area contributed by atoms with Gasteiger partial charge in [-0.1, -0.05) is 75.2 Å². The second-order valence-corrected chi connectivity index (χ2v) is 6.77. The van der Waals surface area contributed by atoms with Gasteiger partial charge in [-0.25, -0.2) is 4.98 Å². The molecule has 0 saturated heterocycles. The van der Waals surface area contributed by atoms with Crippen LogP contribution in [0.3, 0.4) is 0 Å². The van der Waals surface area contributed by atoms with Crippen molar-refractivity contribution < 1.29 is 0 Å². The Morgan fingerprint density at radius 2 is 1.64 bits per heavy atom. The molecule has 0 aliphatic carbocycles. The van der Waals surface area contributed by atoms with Gasteiger partial charge in [-0.05, 0) is 36.8 Å². The van der Waals surface area contributed by atoms with E-state index in [1.165, 1.54) is 42.5 Å². The Hall–Kier alpha value is -2.35. The van der Waals surface area contributed by atoms with Crippen LogP contribution in [0, 0.1) is 6.92 Å². The molecule has 0 unspecified atom stereocenters. The van der Waals surface area contributed by atoms with Crippen LogP contribution in [0.5, 0.6) is 0 Å². The molecule has 3 aromatic rings. The number of aromatic nitrogens is 2. The highest BCUT2D eigenvalue weighted by Crippen LogP contribution is 2.34. The number of nitrogens with zero attached hydrogens (tertiary/aromatic N) is 2. The number of benzene rings is 2. The van der Waals surface area contributed by atoms with Crippen LogP contribution < -0.4 is 0 Å². The molecule has 130 valence electrons. The van der Waals surface area contributed by atoms with E-state index >= 15 is 0 Å². The second-order valence-electron chi connectivity index (χ2n) is 6.77. The highest BCUT2D eigenvalue weighted by atomic mass is 15.1. The zero-order valence-corrected chi connectivity index (χ0v) is 15.6. The third kappa shape index (κ3) is 3.68. The topological polar surface area (TPSA) is 17.8 Å². The summed E-state index contributed by atoms with van der Waals surface area (Å²) in [7, 11) is 0. The minimum absolute atomic E-state index is 0.607. The van der Waals surface area contributed by atoms with E-state index in [4.69, 9.17) is 0 Å². The summed E-state index contributed by atoms with van der Waals surface area (Å²) >= 11 is 0. The monoisotopic (exact) mass is 332 g/mol. The maximum absolute atomic E-state index is 4.66. The lowest BCUT2D eigenvalue weighted by atomic mass is 9.88. The van der Waals surface area contributed by atoms with Gasteiger partial charge in [0.05, 0.1) is 5.69 Å². The van der Waals surface area contributed by atoms with Crippen LogP contribution in [0.1, 0.15) is 56.6 Å². The lowest BCUT2D eigenvalue weighted by Crippen LogP contribution is -2.08. The fourth-order valence-corrected chi connectivity index (χ4v) is 3.78. The molecule has 25 heavy (non-hydrogen) atoms. The van der Waals surface area contributed by atoms with Crippen LogP contribution in [0.4, 0.5) is 0 Å². The van der Waals surface area contributed by atoms with E-state index in [-0.39, 0.29) is 0 Å². The summed E-state index contributed by atoms with van der Waals surface area (Å²) in [6.45, 7) is 6.78. The Bertz CT molecular complexity index is 796. The molecular weight excluding hydrogens is 304 g/mol. The number of para-hydroxylation sites is 1. The van der Waals surface area contributed by atoms with E-state index in [2.05, 4.69) is 85.1 Å². The SMILES string of the molecule is CCCC(CCC)c1cccc(C)c1-n1ccnc1-c1ccccc1. The second kappa shape index (κ2) is 8.15. The molecule has 0 bridgehead atoms. The quantitative estimate of drug-likeness (QED) is 0.481. The minimum Gasteiger partial charge on any atom is -0.299 e. The van der Waals surface area contributed by atoms with E-state index < -0.39 is 0 Å². The lowest BCUT2D eigenvalue weighted by Gasteiger charge is -2.23. The molecule has 2 heteroatoms. The molecule has 0 atom stereocenters. The van der Waals surface area contributed by atoms with E-state index in [0.717, 1.165) is 11.4 Å². The van der Waals surface area contributed by atoms with Crippen molar-refractivity contribution in [2.24, 2.45) is 0 Å². The molecule has 0 aliphatic rings. The Morgan fingerprint density at radius 1 is 0.920 bits per heavy atom. The first-order valence-electron chi connectivity index (χ1n) is 9.44. The summed E-state index contributed by atoms with van der Waals surface area (Å²) in [4.78, 5) is 4.66. The molecule has 2 nitrogen and oxygen atoms in total. The van der Waals surface area contributed by atoms with Crippen molar-refractivity contribution in [1.82, 2.24) is 9.55 Å². The zero-order chi connectivity index (χ0) is 17.6. The van der Waals surface area contributed by atoms with Gasteiger partial charge in [0.1, 0.15) is 5.82 Å². The molecule has 0 fully saturated rings. The minimum atomic E-state index is 0.607. The van der Waals surface area contributed by atoms with Gasteiger partial charge in [-0.3, -0.25) is 4.57 Å². The first-order chi connectivity index (χ1) is 12.3. The average Bonchev–Trinajstić information content (AvgIpc) is 3.11. The summed E-state index contributed by atoms with van der Waals surface area (Å²) in [5.41, 5.74) is 5.23. The molecule has 0 amide bonds. The lowest BCUT2D eigenvalue weighted by molar-refractivity contribution is 0.558. The van der Waals surface area contributed by atoms with Crippen LogP contribution in [0.25, 0.3) is 17.1 Å². The third-order valence-electron chi connectivity index (χ3n) is 4.90. The number of hydrogen-bond acceptors (Lipinski definition) is 1. The van der Waals surface area contributed by atoms with E-state index in [9.17, 15) is 0 Å². The van der Waals surface area contributed by atoms with Crippen LogP contribution in [-0.4, -0.2) is 9.55 Å². The van der Waals surface area contributed by atoms with Crippen molar-refractivity contribution in [2.75, 3.05) is 0 Å². The van der Waals surface area contributed by atoms with Crippen molar-refractivity contribution in [3.63, 3.8) is 0 Å². The predicted molar refractivity (Wildman–Crippen MR) is 106 cm³/mol. The molecule has 0 aliphatic heterocycles. The van der Waals surface area contributed by atoms with Crippen LogP contribution in [-0.2, 0) is 0 Å². The average molecular weight is 332 g/mol. The Kier molecular flexibility index (Phi) is 5.70. The van der Waals surface area contributed by atoms with Gasteiger partial charge in [0.15, 0.2) is 0 Å². The highest BCUT2D eigenvalue weighted by molar-refractivity contribution is 5.61. The number of imidazole rings is 1. The summed E-state index contributed by atoms with van der Waals surface area (Å²) in [6, 6.07) is 17.2. The van der Waals surface area contributed by atoms with Gasteiger partial charge in [-0.15, -0.1) is 0 Å². The molecule has 1 aromatic heterocycles. The maximum atomic E-state index is 4.66. The first kappa shape index (κ1) is 17.5. The summed E-state index contributed by atoms with van der Waals surface area (Å²) in [5, 5.41) is 0. The van der Waals surface area contributed by atoms with E-state index in [1.807, 2.05) is 6.20 Å². The van der Waals surface area contributed by atoms with Crippen LogP contribution in [0.2, 0.25) is 0 Å². The molecule has 3 rings (SSSR count). The first-order valence-corrected chi connectivity index (χ1v) is 9.44. The molecule has 2 aromatic carbocycles. The fourth-order valence-electron chi connectivity index (χ4n) is 3.78. The third-order valence-corrected chi connectivity index (χ3v) is 4.90. The Morgan fingerprint density at radius 3 is 2.32 bits per heavy atom. The molecule has 0 radical (unpaired) electrons. The van der Waals surface area contributed by atoms with Gasteiger partial charge in [0.2, 0.25) is 0 Å². The number of rotatable bonds is 7. The Labute approximate surface area is 151 Å². The van der Waals surface area contributed by atoms with Gasteiger partial charge in [-0.2, -0.15) is 0 Å². The smallest absolute Gasteiger partial charge is 0.144 e. The molecule has 1 heterocycles. The number of hydrogen-bond donors (Lipinski definition) is 0. The van der Waals surface area contributed by atoms with E-state index in [1.54, 1.807) is 0 Å². The highest BCUT2D eigenvalue weighted by Gasteiger charge is 2.19. The molecule has 0 spiro atoms. The zero-order valence-electron chi connectivity index (χ0n) is 15.6. The van der Waals surface area contributed by atoms with Crippen LogP contribution >= 0.6 is 0 Å². The van der Waals surface area contributed by atoms with E-state index in [0.29, 0.717) is 5.92 Å². The number of aryl methyl sites for hydroxylation is 1. The van der Waals surface area contributed by atoms with Gasteiger partial charge in [0.25, 0.3) is 0 Å². The fraction of sp³-hybridized carbons (Fsp3) is 0.348. The van der Waals surface area contributed by atoms with Crippen molar-refractivity contribution in [1.29, 1.82) is 0 Å². The normalized spacial score (nSPS) is 11.2. The van der Waals surface area contributed by atoms with Gasteiger partial charge in [0, 0.05) is 18.0 Å². The molecular formula is C23H28N2. The Balaban J connectivity index is 2.14. The van der Waals surface area contributed by atoms with Gasteiger partial charge < -0.3 is 0 Å². The maximum Gasteiger partial charge on any atom is 0.144 e. The van der Waals surface area contributed by atoms with Gasteiger partial charge >= 0.3 is 0 Å². The standard InChI is InChI=1S/C23H28N2/c1-4-10-19(11-5-2)21-15-9-12-18(3)22(21)25-17-16-24-23(25)20-13-7-6-8-14-20/h6-9,12-17,19H,4-5,10-11H2,1-3H3.